The molecule has 11 heteroatoms. The summed E-state index contributed by atoms with van der Waals surface area (Å²) in [5, 5.41) is 11.8. The minimum atomic E-state index is -4.67. The maximum absolute atomic E-state index is 13.3. The molecule has 1 aliphatic rings. The summed E-state index contributed by atoms with van der Waals surface area (Å²) in [6.45, 7) is 0. The largest absolute Gasteiger partial charge is 0.481 e. The average molecular weight is 513 g/mol. The zero-order chi connectivity index (χ0) is 26.7. The summed E-state index contributed by atoms with van der Waals surface area (Å²) in [4.78, 5) is 37.8. The van der Waals surface area contributed by atoms with Crippen LogP contribution in [0.1, 0.15) is 52.7 Å². The Kier molecular flexibility index (Phi) is 7.90. The fourth-order valence-electron chi connectivity index (χ4n) is 4.09. The van der Waals surface area contributed by atoms with Crippen LogP contribution in [-0.2, 0) is 21.9 Å². The minimum Gasteiger partial charge on any atom is -0.481 e. The third kappa shape index (κ3) is 6.52. The van der Waals surface area contributed by atoms with Gasteiger partial charge in [0.1, 0.15) is 0 Å². The van der Waals surface area contributed by atoms with Crippen LogP contribution in [0.2, 0.25) is 0 Å². The fraction of sp³-hybridized carbons (Fsp3) is 0.320. The molecule has 36 heavy (non-hydrogen) atoms. The van der Waals surface area contributed by atoms with Gasteiger partial charge in [0.05, 0.1) is 22.7 Å². The number of carbonyl (C=O) groups is 3. The van der Waals surface area contributed by atoms with E-state index < -0.39 is 58.7 Å². The lowest BCUT2D eigenvalue weighted by molar-refractivity contribution is -0.147. The first kappa shape index (κ1) is 27.0. The van der Waals surface area contributed by atoms with Gasteiger partial charge in [0, 0.05) is 11.5 Å². The molecule has 1 amide bonds. The number of amides is 1. The Morgan fingerprint density at radius 3 is 1.97 bits per heavy atom. The number of benzene rings is 2. The molecule has 0 spiro atoms. The van der Waals surface area contributed by atoms with Crippen LogP contribution in [0.5, 0.6) is 0 Å². The molecule has 1 fully saturated rings. The summed E-state index contributed by atoms with van der Waals surface area (Å²) in [5.41, 5.74) is -2.76. The molecule has 3 rings (SSSR count). The second kappa shape index (κ2) is 10.5. The Morgan fingerprint density at radius 1 is 0.833 bits per heavy atom. The van der Waals surface area contributed by atoms with Crippen LogP contribution in [0.25, 0.3) is 6.08 Å². The number of carboxylic acids is 1. The van der Waals surface area contributed by atoms with E-state index in [1.807, 2.05) is 0 Å². The first-order chi connectivity index (χ1) is 16.8. The van der Waals surface area contributed by atoms with E-state index in [9.17, 15) is 45.8 Å². The molecular formula is C25H21F6NO4. The molecule has 0 heterocycles. The van der Waals surface area contributed by atoms with Crippen molar-refractivity contribution in [1.82, 2.24) is 5.32 Å². The van der Waals surface area contributed by atoms with Gasteiger partial charge in [-0.2, -0.15) is 26.3 Å². The zero-order valence-electron chi connectivity index (χ0n) is 18.6. The van der Waals surface area contributed by atoms with E-state index in [1.165, 1.54) is 6.07 Å². The summed E-state index contributed by atoms with van der Waals surface area (Å²) in [7, 11) is 0. The van der Waals surface area contributed by atoms with E-state index >= 15 is 0 Å². The lowest BCUT2D eigenvalue weighted by Gasteiger charge is -2.28. The van der Waals surface area contributed by atoms with Crippen molar-refractivity contribution >= 4 is 23.7 Å². The Bertz CT molecular complexity index is 1170. The van der Waals surface area contributed by atoms with Crippen LogP contribution in [0.15, 0.2) is 54.2 Å². The SMILES string of the molecule is O=C(N/C(=C/c1cccc(C(F)(F)F)c1)C(=O)C1CCCCC1C(=O)O)c1ccc(C(F)(F)F)cc1. The van der Waals surface area contributed by atoms with Crippen molar-refractivity contribution in [1.29, 1.82) is 0 Å². The number of allylic oxidation sites excluding steroid dienone is 1. The van der Waals surface area contributed by atoms with Gasteiger partial charge in [-0.3, -0.25) is 14.4 Å². The summed E-state index contributed by atoms with van der Waals surface area (Å²) in [5.74, 6) is -5.03. The molecule has 2 N–H and O–H groups in total. The van der Waals surface area contributed by atoms with Crippen molar-refractivity contribution in [3.63, 3.8) is 0 Å². The Balaban J connectivity index is 1.98. The molecule has 5 nitrogen and oxygen atoms in total. The van der Waals surface area contributed by atoms with Crippen molar-refractivity contribution in [2.75, 3.05) is 0 Å². The standard InChI is InChI=1S/C25H21F6NO4/c26-24(27,28)16-10-8-15(9-11-16)22(34)32-20(13-14-4-3-5-17(12-14)25(29,30)31)21(33)18-6-1-2-7-19(18)23(35)36/h3-5,8-13,18-19H,1-2,6-7H2,(H,32,34)(H,35,36)/b20-13+. The number of carboxylic acid groups (broad SMARTS) is 1. The quantitative estimate of drug-likeness (QED) is 0.369. The molecule has 192 valence electrons. The third-order valence-electron chi connectivity index (χ3n) is 5.93. The van der Waals surface area contributed by atoms with Crippen LogP contribution in [0.3, 0.4) is 0 Å². The van der Waals surface area contributed by atoms with Crippen LogP contribution in [0, 0.1) is 11.8 Å². The number of carbonyl (C=O) groups excluding carboxylic acids is 2. The molecular weight excluding hydrogens is 492 g/mol. The summed E-state index contributed by atoms with van der Waals surface area (Å²) >= 11 is 0. The predicted molar refractivity (Wildman–Crippen MR) is 116 cm³/mol. The van der Waals surface area contributed by atoms with E-state index in [0.29, 0.717) is 25.0 Å². The van der Waals surface area contributed by atoms with E-state index in [-0.39, 0.29) is 24.0 Å². The molecule has 1 saturated carbocycles. The molecule has 0 saturated heterocycles. The summed E-state index contributed by atoms with van der Waals surface area (Å²) in [6, 6.07) is 7.09. The first-order valence-corrected chi connectivity index (χ1v) is 10.9. The number of hydrogen-bond acceptors (Lipinski definition) is 3. The number of Topliss-reactive ketones (excluding diaryl/α,β-unsaturated/α-hetero) is 1. The normalized spacial score (nSPS) is 19.0. The molecule has 2 aromatic rings. The van der Waals surface area contributed by atoms with Gasteiger partial charge >= 0.3 is 18.3 Å². The Hall–Kier alpha value is -3.63. The highest BCUT2D eigenvalue weighted by Gasteiger charge is 2.37. The Labute approximate surface area is 201 Å². The van der Waals surface area contributed by atoms with Gasteiger partial charge in [-0.1, -0.05) is 25.0 Å². The maximum atomic E-state index is 13.3. The highest BCUT2D eigenvalue weighted by atomic mass is 19.4. The molecule has 1 aliphatic carbocycles. The molecule has 2 atom stereocenters. The van der Waals surface area contributed by atoms with Gasteiger partial charge in [-0.15, -0.1) is 0 Å². The van der Waals surface area contributed by atoms with Crippen molar-refractivity contribution in [3.8, 4) is 0 Å². The number of halogens is 6. The number of hydrogen-bond donors (Lipinski definition) is 2. The molecule has 2 aromatic carbocycles. The van der Waals surface area contributed by atoms with Crippen molar-refractivity contribution in [2.24, 2.45) is 11.8 Å². The van der Waals surface area contributed by atoms with E-state index in [0.717, 1.165) is 36.4 Å². The van der Waals surface area contributed by atoms with Crippen LogP contribution in [-0.4, -0.2) is 22.8 Å². The second-order valence-corrected chi connectivity index (χ2v) is 8.41. The summed E-state index contributed by atoms with van der Waals surface area (Å²) in [6.07, 6.45) is -6.76. The van der Waals surface area contributed by atoms with Gasteiger partial charge in [0.15, 0.2) is 5.78 Å². The lowest BCUT2D eigenvalue weighted by Crippen LogP contribution is -2.37. The van der Waals surface area contributed by atoms with Gasteiger partial charge in [0.25, 0.3) is 5.91 Å². The molecule has 2 unspecified atom stereocenters. The molecule has 0 bridgehead atoms. The van der Waals surface area contributed by atoms with Gasteiger partial charge in [-0.25, -0.2) is 0 Å². The smallest absolute Gasteiger partial charge is 0.416 e. The Morgan fingerprint density at radius 2 is 1.42 bits per heavy atom. The lowest BCUT2D eigenvalue weighted by atomic mass is 9.76. The molecule has 0 aromatic heterocycles. The number of alkyl halides is 6. The van der Waals surface area contributed by atoms with Crippen molar-refractivity contribution in [2.45, 2.75) is 38.0 Å². The van der Waals surface area contributed by atoms with Gasteiger partial charge in [-0.05, 0) is 60.9 Å². The van der Waals surface area contributed by atoms with E-state index in [4.69, 9.17) is 0 Å². The fourth-order valence-corrected chi connectivity index (χ4v) is 4.09. The van der Waals surface area contributed by atoms with Gasteiger partial charge in [0.2, 0.25) is 0 Å². The topological polar surface area (TPSA) is 83.5 Å². The second-order valence-electron chi connectivity index (χ2n) is 8.41. The monoisotopic (exact) mass is 513 g/mol. The highest BCUT2D eigenvalue weighted by Crippen LogP contribution is 2.34. The van der Waals surface area contributed by atoms with Crippen molar-refractivity contribution < 1.29 is 45.8 Å². The average Bonchev–Trinajstić information content (AvgIpc) is 2.82. The minimum absolute atomic E-state index is 0.0800. The zero-order valence-corrected chi connectivity index (χ0v) is 18.6. The number of nitrogens with one attached hydrogen (secondary N) is 1. The number of ketones is 1. The van der Waals surface area contributed by atoms with Crippen LogP contribution < -0.4 is 5.32 Å². The number of rotatable bonds is 6. The van der Waals surface area contributed by atoms with Crippen molar-refractivity contribution in [3.05, 3.63) is 76.5 Å². The maximum Gasteiger partial charge on any atom is 0.416 e. The van der Waals surface area contributed by atoms with Crippen LogP contribution in [0.4, 0.5) is 26.3 Å². The number of aliphatic carboxylic acids is 1. The predicted octanol–water partition coefficient (Wildman–Crippen LogP) is 5.96. The molecule has 0 aliphatic heterocycles. The first-order valence-electron chi connectivity index (χ1n) is 10.9. The van der Waals surface area contributed by atoms with E-state index in [1.54, 1.807) is 0 Å². The third-order valence-corrected chi connectivity index (χ3v) is 5.93. The van der Waals surface area contributed by atoms with E-state index in [2.05, 4.69) is 5.32 Å². The van der Waals surface area contributed by atoms with Crippen LogP contribution >= 0.6 is 0 Å². The highest BCUT2D eigenvalue weighted by molar-refractivity contribution is 6.08. The van der Waals surface area contributed by atoms with Gasteiger partial charge < -0.3 is 10.4 Å². The summed E-state index contributed by atoms with van der Waals surface area (Å²) < 4.78 is 77.9. The molecule has 0 radical (unpaired) electrons.